The van der Waals surface area contributed by atoms with Crippen LogP contribution >= 0.6 is 0 Å². The predicted molar refractivity (Wildman–Crippen MR) is 125 cm³/mol. The zero-order valence-electron chi connectivity index (χ0n) is 20.0. The molecule has 0 fully saturated rings. The summed E-state index contributed by atoms with van der Waals surface area (Å²) in [5, 5.41) is 5.29. The molecule has 1 atom stereocenters. The third-order valence-electron chi connectivity index (χ3n) is 5.30. The summed E-state index contributed by atoms with van der Waals surface area (Å²) in [6.07, 6.45) is -0.0801. The summed E-state index contributed by atoms with van der Waals surface area (Å²) >= 11 is 0. The van der Waals surface area contributed by atoms with E-state index in [-0.39, 0.29) is 30.9 Å². The van der Waals surface area contributed by atoms with Gasteiger partial charge in [0.25, 0.3) is 0 Å². The molecule has 0 saturated heterocycles. The van der Waals surface area contributed by atoms with Crippen LogP contribution in [0.1, 0.15) is 24.1 Å². The van der Waals surface area contributed by atoms with Crippen LogP contribution < -0.4 is 24.8 Å². The maximum atomic E-state index is 12.8. The molecule has 2 aromatic rings. The van der Waals surface area contributed by atoms with Gasteiger partial charge >= 0.3 is 18.0 Å². The topological polar surface area (TPSA) is 121 Å². The summed E-state index contributed by atoms with van der Waals surface area (Å²) in [6, 6.07) is 10.6. The summed E-state index contributed by atoms with van der Waals surface area (Å²) in [7, 11) is 4.56. The van der Waals surface area contributed by atoms with E-state index >= 15 is 0 Å². The highest BCUT2D eigenvalue weighted by Crippen LogP contribution is 2.29. The zero-order valence-corrected chi connectivity index (χ0v) is 20.0. The second kappa shape index (κ2) is 11.8. The van der Waals surface area contributed by atoms with Gasteiger partial charge in [0.05, 0.1) is 51.7 Å². The van der Waals surface area contributed by atoms with Crippen molar-refractivity contribution in [1.29, 1.82) is 0 Å². The Morgan fingerprint density at radius 3 is 2.23 bits per heavy atom. The molecule has 0 spiro atoms. The molecule has 186 valence electrons. The third kappa shape index (κ3) is 6.23. The maximum Gasteiger partial charge on any atom is 0.338 e. The fraction of sp³-hybridized carbons (Fsp3) is 0.320. The Morgan fingerprint density at radius 2 is 1.60 bits per heavy atom. The van der Waals surface area contributed by atoms with Crippen LogP contribution in [0.15, 0.2) is 53.7 Å². The van der Waals surface area contributed by atoms with Gasteiger partial charge in [-0.1, -0.05) is 18.2 Å². The largest absolute Gasteiger partial charge is 0.497 e. The first kappa shape index (κ1) is 25.4. The Balaban J connectivity index is 1.84. The normalized spacial score (nSPS) is 15.0. The second-order valence-corrected chi connectivity index (χ2v) is 7.43. The molecule has 0 aliphatic carbocycles. The second-order valence-electron chi connectivity index (χ2n) is 7.43. The molecular formula is C25H28N2O8. The minimum atomic E-state index is -0.802. The van der Waals surface area contributed by atoms with Gasteiger partial charge < -0.3 is 34.3 Å². The average molecular weight is 485 g/mol. The van der Waals surface area contributed by atoms with E-state index in [9.17, 15) is 14.4 Å². The quantitative estimate of drug-likeness (QED) is 0.494. The first-order chi connectivity index (χ1) is 16.9. The number of esters is 2. The average Bonchev–Trinajstić information content (AvgIpc) is 2.87. The molecule has 10 nitrogen and oxygen atoms in total. The lowest BCUT2D eigenvalue weighted by molar-refractivity contribution is -0.143. The highest BCUT2D eigenvalue weighted by Gasteiger charge is 2.34. The number of carbonyl (C=O) groups is 3. The summed E-state index contributed by atoms with van der Waals surface area (Å²) < 4.78 is 26.3. The molecule has 0 saturated carbocycles. The van der Waals surface area contributed by atoms with Crippen molar-refractivity contribution < 1.29 is 38.1 Å². The number of amides is 2. The summed E-state index contributed by atoms with van der Waals surface area (Å²) in [4.78, 5) is 37.8. The van der Waals surface area contributed by atoms with Crippen LogP contribution in [0.2, 0.25) is 0 Å². The number of rotatable bonds is 10. The van der Waals surface area contributed by atoms with E-state index in [4.69, 9.17) is 23.7 Å². The molecule has 2 amide bonds. The number of hydrogen-bond donors (Lipinski definition) is 2. The van der Waals surface area contributed by atoms with Gasteiger partial charge in [-0.05, 0) is 30.7 Å². The van der Waals surface area contributed by atoms with E-state index in [1.807, 2.05) is 0 Å². The number of benzene rings is 2. The van der Waals surface area contributed by atoms with Crippen LogP contribution in [0, 0.1) is 0 Å². The van der Waals surface area contributed by atoms with Gasteiger partial charge in [0.2, 0.25) is 0 Å². The van der Waals surface area contributed by atoms with Crippen LogP contribution in [-0.2, 0) is 25.5 Å². The van der Waals surface area contributed by atoms with E-state index in [1.54, 1.807) is 56.5 Å². The highest BCUT2D eigenvalue weighted by molar-refractivity contribution is 5.95. The molecule has 1 aliphatic rings. The van der Waals surface area contributed by atoms with Crippen molar-refractivity contribution in [3.63, 3.8) is 0 Å². The molecule has 1 unspecified atom stereocenters. The molecule has 0 aromatic heterocycles. The number of carbonyl (C=O) groups excluding carboxylic acids is 3. The lowest BCUT2D eigenvalue weighted by atomic mass is 9.95. The number of urea groups is 1. The van der Waals surface area contributed by atoms with Gasteiger partial charge in [0, 0.05) is 11.6 Å². The monoisotopic (exact) mass is 484 g/mol. The summed E-state index contributed by atoms with van der Waals surface area (Å²) in [6.45, 7) is 1.49. The number of ether oxygens (including phenoxy) is 5. The fourth-order valence-corrected chi connectivity index (χ4v) is 3.59. The number of methoxy groups -OCH3 is 3. The lowest BCUT2D eigenvalue weighted by Gasteiger charge is -2.29. The molecular weight excluding hydrogens is 456 g/mol. The van der Waals surface area contributed by atoms with Crippen LogP contribution in [0.4, 0.5) is 4.79 Å². The van der Waals surface area contributed by atoms with Crippen LogP contribution in [0.3, 0.4) is 0 Å². The summed E-state index contributed by atoms with van der Waals surface area (Å²) in [5.41, 5.74) is 1.52. The van der Waals surface area contributed by atoms with Gasteiger partial charge in [0.1, 0.15) is 23.9 Å². The minimum absolute atomic E-state index is 0.0801. The molecule has 10 heteroatoms. The minimum Gasteiger partial charge on any atom is -0.497 e. The van der Waals surface area contributed by atoms with Crippen molar-refractivity contribution in [3.8, 4) is 17.2 Å². The van der Waals surface area contributed by atoms with Gasteiger partial charge in [0.15, 0.2) is 0 Å². The van der Waals surface area contributed by atoms with Gasteiger partial charge in [-0.2, -0.15) is 0 Å². The Bertz CT molecular complexity index is 1110. The Labute approximate surface area is 203 Å². The van der Waals surface area contributed by atoms with Crippen molar-refractivity contribution in [2.75, 3.05) is 34.5 Å². The lowest BCUT2D eigenvalue weighted by Crippen LogP contribution is -2.47. The number of nitrogens with one attached hydrogen (secondary N) is 2. The van der Waals surface area contributed by atoms with Crippen LogP contribution in [0.5, 0.6) is 17.2 Å². The van der Waals surface area contributed by atoms with Gasteiger partial charge in [-0.25, -0.2) is 9.59 Å². The zero-order chi connectivity index (χ0) is 25.4. The van der Waals surface area contributed by atoms with E-state index in [0.29, 0.717) is 28.4 Å². The molecule has 0 radical (unpaired) electrons. The molecule has 35 heavy (non-hydrogen) atoms. The SMILES string of the molecule is CCOC(=O)C1=C(COC(=O)Cc2ccc(OC)cc2OC)NC(=O)NC1c1ccc(OC)cc1. The molecule has 2 aromatic carbocycles. The van der Waals surface area contributed by atoms with Crippen molar-refractivity contribution in [2.24, 2.45) is 0 Å². The third-order valence-corrected chi connectivity index (χ3v) is 5.30. The van der Waals surface area contributed by atoms with E-state index in [2.05, 4.69) is 10.6 Å². The number of hydrogen-bond acceptors (Lipinski definition) is 8. The Morgan fingerprint density at radius 1 is 0.914 bits per heavy atom. The van der Waals surface area contributed by atoms with Crippen LogP contribution in [0.25, 0.3) is 0 Å². The smallest absolute Gasteiger partial charge is 0.338 e. The van der Waals surface area contributed by atoms with Crippen molar-refractivity contribution in [2.45, 2.75) is 19.4 Å². The van der Waals surface area contributed by atoms with E-state index < -0.39 is 24.0 Å². The van der Waals surface area contributed by atoms with E-state index in [1.165, 1.54) is 14.2 Å². The first-order valence-corrected chi connectivity index (χ1v) is 10.9. The Kier molecular flexibility index (Phi) is 8.55. The van der Waals surface area contributed by atoms with Crippen molar-refractivity contribution in [1.82, 2.24) is 10.6 Å². The van der Waals surface area contributed by atoms with E-state index in [0.717, 1.165) is 0 Å². The molecule has 1 heterocycles. The highest BCUT2D eigenvalue weighted by atomic mass is 16.5. The molecule has 1 aliphatic heterocycles. The molecule has 0 bridgehead atoms. The predicted octanol–water partition coefficient (Wildman–Crippen LogP) is 2.67. The molecule has 2 N–H and O–H groups in total. The first-order valence-electron chi connectivity index (χ1n) is 10.9. The Hall–Kier alpha value is -4.21. The standard InChI is InChI=1S/C25H28N2O8/c1-5-34-24(29)22-19(26-25(30)27-23(22)15-6-9-17(31-2)10-7-15)14-35-21(28)12-16-8-11-18(32-3)13-20(16)33-4/h6-11,13,23H,5,12,14H2,1-4H3,(H2,26,27,30). The fourth-order valence-electron chi connectivity index (χ4n) is 3.59. The van der Waals surface area contributed by atoms with Crippen molar-refractivity contribution in [3.05, 3.63) is 64.9 Å². The molecule has 3 rings (SSSR count). The maximum absolute atomic E-state index is 12.8. The van der Waals surface area contributed by atoms with Crippen molar-refractivity contribution >= 4 is 18.0 Å². The van der Waals surface area contributed by atoms with Gasteiger partial charge in [-0.15, -0.1) is 0 Å². The summed E-state index contributed by atoms with van der Waals surface area (Å²) in [5.74, 6) is 0.480. The van der Waals surface area contributed by atoms with Gasteiger partial charge in [-0.3, -0.25) is 4.79 Å². The van der Waals surface area contributed by atoms with Crippen LogP contribution in [-0.4, -0.2) is 52.5 Å².